The van der Waals surface area contributed by atoms with E-state index < -0.39 is 60.0 Å². The van der Waals surface area contributed by atoms with Gasteiger partial charge in [-0.3, -0.25) is 28.7 Å². The van der Waals surface area contributed by atoms with E-state index in [1.165, 1.54) is 17.5 Å². The number of fused-ring (bicyclic) bond motifs is 3. The van der Waals surface area contributed by atoms with E-state index in [0.29, 0.717) is 41.1 Å². The van der Waals surface area contributed by atoms with Crippen LogP contribution in [0.3, 0.4) is 0 Å². The zero-order valence-electron chi connectivity index (χ0n) is 41.9. The van der Waals surface area contributed by atoms with Crippen molar-refractivity contribution < 1.29 is 38.2 Å². The molecule has 2 fully saturated rings. The largest absolute Gasteiger partial charge is 0.482 e. The number of amides is 4. The zero-order valence-corrected chi connectivity index (χ0v) is 43.5. The van der Waals surface area contributed by atoms with Crippen LogP contribution in [0.4, 0.5) is 0 Å². The van der Waals surface area contributed by atoms with E-state index in [1.54, 1.807) is 23.5 Å². The van der Waals surface area contributed by atoms with Crippen LogP contribution in [0.5, 0.6) is 11.6 Å². The van der Waals surface area contributed by atoms with Gasteiger partial charge in [0, 0.05) is 64.5 Å². The molecule has 0 spiro atoms. The molecule has 1 aliphatic carbocycles. The van der Waals surface area contributed by atoms with Gasteiger partial charge < -0.3 is 39.8 Å². The minimum atomic E-state index is -1.04. The van der Waals surface area contributed by atoms with Crippen LogP contribution in [0.1, 0.15) is 110 Å². The van der Waals surface area contributed by atoms with Crippen molar-refractivity contribution in [1.29, 1.82) is 0 Å². The highest BCUT2D eigenvalue weighted by molar-refractivity contribution is 7.15. The van der Waals surface area contributed by atoms with E-state index in [1.807, 2.05) is 94.6 Å². The van der Waals surface area contributed by atoms with Crippen molar-refractivity contribution in [1.82, 2.24) is 45.6 Å². The summed E-state index contributed by atoms with van der Waals surface area (Å²) in [5.74, 6) is 1.05. The van der Waals surface area contributed by atoms with Crippen LogP contribution in [0.25, 0.3) is 16.3 Å². The molecular weight excluding hydrogens is 972 g/mol. The molecule has 1 saturated heterocycles. The maximum atomic E-state index is 14.2. The monoisotopic (exact) mass is 1030 g/mol. The number of aliphatic hydroxyl groups is 1. The smallest absolute Gasteiger partial charge is 0.258 e. The van der Waals surface area contributed by atoms with Crippen molar-refractivity contribution >= 4 is 52.3 Å². The number of hydrogen-bond donors (Lipinski definition) is 4. The topological polar surface area (TPSA) is 228 Å². The molecule has 20 heteroatoms. The van der Waals surface area contributed by atoms with Gasteiger partial charge in [0.25, 0.3) is 5.91 Å². The number of carbonyl (C=O) groups excluding carboxylic acids is 4. The van der Waals surface area contributed by atoms with Gasteiger partial charge >= 0.3 is 0 Å². The Kier molecular flexibility index (Phi) is 14.6. The second-order valence-electron chi connectivity index (χ2n) is 20.1. The highest BCUT2D eigenvalue weighted by atomic mass is 35.5. The van der Waals surface area contributed by atoms with Crippen molar-refractivity contribution in [2.75, 3.05) is 13.2 Å². The Morgan fingerprint density at radius 1 is 0.918 bits per heavy atom. The number of β-amino-alcohol motifs (C(OH)–C–C–N with tert-alkyl or cyclic N) is 1. The molecule has 73 heavy (non-hydrogen) atoms. The lowest BCUT2D eigenvalue weighted by Gasteiger charge is -2.35. The molecule has 4 N–H and O–H groups in total. The fourth-order valence-electron chi connectivity index (χ4n) is 9.43. The van der Waals surface area contributed by atoms with Gasteiger partial charge in [0.2, 0.25) is 23.6 Å². The molecule has 3 aliphatic rings. The summed E-state index contributed by atoms with van der Waals surface area (Å²) in [6.07, 6.45) is 3.03. The van der Waals surface area contributed by atoms with Gasteiger partial charge in [-0.05, 0) is 69.4 Å². The van der Waals surface area contributed by atoms with Crippen molar-refractivity contribution in [3.63, 3.8) is 0 Å². The van der Waals surface area contributed by atoms with Crippen molar-refractivity contribution in [2.45, 2.75) is 123 Å². The number of hydrogen-bond acceptors (Lipinski definition) is 14. The van der Waals surface area contributed by atoms with Crippen LogP contribution in [0.2, 0.25) is 5.02 Å². The molecule has 0 radical (unpaired) electrons. The summed E-state index contributed by atoms with van der Waals surface area (Å²) >= 11 is 7.92. The number of thiophene rings is 1. The van der Waals surface area contributed by atoms with Crippen molar-refractivity contribution in [3.8, 4) is 28.0 Å². The average molecular weight is 1030 g/mol. The van der Waals surface area contributed by atoms with Crippen LogP contribution >= 0.6 is 22.9 Å². The third-order valence-electron chi connectivity index (χ3n) is 13.6. The standard InChI is InChI=1S/C53H59ClN10O8S/c1-27-30(4)73-52-45(27)46(33-13-15-35(54)16-14-33)59-40(49-62-61-31(5)64(49)52)22-42(66)58-36-19-39(20-36)72-44-18-17-38(23-55-44)70-25-43(67)60-48(53(6,7)8)51(69)63-24-37(65)21-41(63)50(68)57-28(2)32-9-11-34(12-10-32)47-29(3)56-26-71-47/h9-18,23,26,28,36-37,39-41,48,65H,19-22,24-25H2,1-8H3,(H,57,68)(H,58,66)(H,60,67)/t28-,36?,37+,39?,40-,41-,48?/m0/s1. The summed E-state index contributed by atoms with van der Waals surface area (Å²) in [7, 11) is 0. The summed E-state index contributed by atoms with van der Waals surface area (Å²) in [5.41, 5.74) is 5.49. The van der Waals surface area contributed by atoms with Gasteiger partial charge in [0.15, 0.2) is 24.6 Å². The molecule has 1 unspecified atom stereocenters. The van der Waals surface area contributed by atoms with Crippen LogP contribution in [0, 0.1) is 33.1 Å². The Balaban J connectivity index is 0.750. The normalized spacial score (nSPS) is 20.1. The van der Waals surface area contributed by atoms with Crippen LogP contribution in [-0.4, -0.2) is 108 Å². The van der Waals surface area contributed by atoms with Gasteiger partial charge in [-0.1, -0.05) is 68.8 Å². The number of aliphatic imine (C=N–C) groups is 1. The van der Waals surface area contributed by atoms with Crippen molar-refractivity contribution in [2.24, 2.45) is 10.4 Å². The first-order chi connectivity index (χ1) is 34.8. The van der Waals surface area contributed by atoms with Crippen LogP contribution in [-0.2, 0) is 19.2 Å². The maximum Gasteiger partial charge on any atom is 0.258 e. The molecule has 382 valence electrons. The fraction of sp³-hybridized carbons (Fsp3) is 0.415. The first kappa shape index (κ1) is 51.0. The fourth-order valence-corrected chi connectivity index (χ4v) is 10.8. The van der Waals surface area contributed by atoms with E-state index >= 15 is 0 Å². The number of aliphatic hydroxyl groups excluding tert-OH is 1. The zero-order chi connectivity index (χ0) is 51.9. The molecular formula is C53H59ClN10O8S. The second kappa shape index (κ2) is 20.9. The summed E-state index contributed by atoms with van der Waals surface area (Å²) in [6.45, 7) is 14.8. The van der Waals surface area contributed by atoms with Gasteiger partial charge in [-0.25, -0.2) is 9.97 Å². The number of nitrogens with zero attached hydrogens (tertiary/aromatic N) is 7. The SMILES string of the molecule is Cc1ncoc1-c1ccc([C@H](C)NC(=O)[C@@H]2C[C@@H](O)CN2C(=O)C(NC(=O)COc2ccc(OC3CC(NC(=O)C[C@@H]4N=C(c5ccc(Cl)cc5)c5c(sc(C)c5C)-n5c(C)nnc54)C3)nc2)C(C)(C)C)cc1. The minimum absolute atomic E-state index is 0.0551. The number of nitrogens with one attached hydrogen (secondary N) is 3. The minimum Gasteiger partial charge on any atom is -0.482 e. The second-order valence-corrected chi connectivity index (χ2v) is 21.7. The van der Waals surface area contributed by atoms with E-state index in [0.717, 1.165) is 54.9 Å². The maximum absolute atomic E-state index is 14.2. The predicted octanol–water partition coefficient (Wildman–Crippen LogP) is 7.02. The molecule has 2 aromatic carbocycles. The van der Waals surface area contributed by atoms with Gasteiger partial charge in [-0.2, -0.15) is 0 Å². The van der Waals surface area contributed by atoms with Crippen LogP contribution in [0.15, 0.2) is 82.7 Å². The first-order valence-electron chi connectivity index (χ1n) is 24.3. The summed E-state index contributed by atoms with van der Waals surface area (Å²) in [6, 6.07) is 15.3. The van der Waals surface area contributed by atoms with Gasteiger partial charge in [0.05, 0.1) is 36.2 Å². The number of carbonyl (C=O) groups is 4. The van der Waals surface area contributed by atoms with E-state index in [9.17, 15) is 24.3 Å². The Bertz CT molecular complexity index is 3050. The molecule has 6 heterocycles. The number of likely N-dealkylation sites (tertiary alicyclic amines) is 1. The number of pyridine rings is 1. The van der Waals surface area contributed by atoms with E-state index in [-0.39, 0.29) is 37.4 Å². The third kappa shape index (κ3) is 11.0. The highest BCUT2D eigenvalue weighted by Gasteiger charge is 2.45. The molecule has 18 nitrogen and oxygen atoms in total. The summed E-state index contributed by atoms with van der Waals surface area (Å²) in [5, 5.41) is 30.1. The lowest BCUT2D eigenvalue weighted by molar-refractivity contribution is -0.144. The number of ether oxygens (including phenoxy) is 2. The third-order valence-corrected chi connectivity index (χ3v) is 15.1. The summed E-state index contributed by atoms with van der Waals surface area (Å²) < 4.78 is 19.4. The number of rotatable bonds is 15. The lowest BCUT2D eigenvalue weighted by Crippen LogP contribution is -2.58. The summed E-state index contributed by atoms with van der Waals surface area (Å²) in [4.78, 5) is 71.1. The molecule has 5 atom stereocenters. The first-order valence-corrected chi connectivity index (χ1v) is 25.5. The molecule has 0 bridgehead atoms. The molecule has 4 amide bonds. The van der Waals surface area contributed by atoms with Crippen molar-refractivity contribution in [3.05, 3.63) is 123 Å². The number of aryl methyl sites for hydroxylation is 3. The number of aromatic nitrogens is 5. The van der Waals surface area contributed by atoms with E-state index in [2.05, 4.69) is 50.0 Å². The molecule has 9 rings (SSSR count). The number of benzene rings is 2. The average Bonchev–Trinajstić information content (AvgIpc) is 4.11. The Morgan fingerprint density at radius 3 is 2.32 bits per heavy atom. The molecule has 6 aromatic rings. The Morgan fingerprint density at radius 2 is 1.64 bits per heavy atom. The number of halogens is 1. The van der Waals surface area contributed by atoms with Gasteiger partial charge in [-0.15, -0.1) is 21.5 Å². The Labute approximate surface area is 432 Å². The molecule has 2 aliphatic heterocycles. The quantitative estimate of drug-likeness (QED) is 0.0814. The molecule has 1 saturated carbocycles. The van der Waals surface area contributed by atoms with E-state index in [4.69, 9.17) is 30.5 Å². The number of oxazole rings is 1. The Hall–Kier alpha value is -6.96. The lowest BCUT2D eigenvalue weighted by atomic mass is 9.85. The van der Waals surface area contributed by atoms with Crippen LogP contribution < -0.4 is 25.4 Å². The predicted molar refractivity (Wildman–Crippen MR) is 274 cm³/mol. The highest BCUT2D eigenvalue weighted by Crippen LogP contribution is 2.40. The molecule has 4 aromatic heterocycles. The van der Waals surface area contributed by atoms with Gasteiger partial charge in [0.1, 0.15) is 40.8 Å².